The minimum Gasteiger partial charge on any atom is -0.344 e. The topological polar surface area (TPSA) is 76.0 Å². The second-order valence-corrected chi connectivity index (χ2v) is 6.21. The van der Waals surface area contributed by atoms with Crippen molar-refractivity contribution in [3.63, 3.8) is 0 Å². The van der Waals surface area contributed by atoms with Crippen LogP contribution in [0.5, 0.6) is 0 Å². The molecule has 2 amide bonds. The molecular formula is C19H18N4O2. The van der Waals surface area contributed by atoms with Crippen LogP contribution in [0.2, 0.25) is 0 Å². The number of fused-ring (bicyclic) bond motifs is 1. The summed E-state index contributed by atoms with van der Waals surface area (Å²) in [4.78, 5) is 27.9. The monoisotopic (exact) mass is 334 g/mol. The average molecular weight is 334 g/mol. The van der Waals surface area contributed by atoms with Crippen LogP contribution in [0.25, 0.3) is 11.0 Å². The van der Waals surface area contributed by atoms with Crippen LogP contribution in [-0.4, -0.2) is 27.4 Å². The van der Waals surface area contributed by atoms with Crippen LogP contribution in [0, 0.1) is 0 Å². The van der Waals surface area contributed by atoms with Crippen molar-refractivity contribution in [2.24, 2.45) is 0 Å². The number of carbonyl (C=O) groups is 2. The number of hydrogen-bond donors (Lipinski definition) is 2. The lowest BCUT2D eigenvalue weighted by Gasteiger charge is -2.12. The van der Waals surface area contributed by atoms with Crippen LogP contribution in [0.15, 0.2) is 54.9 Å². The second kappa shape index (κ2) is 6.39. The van der Waals surface area contributed by atoms with Crippen molar-refractivity contribution in [2.45, 2.75) is 25.4 Å². The first-order chi connectivity index (χ1) is 12.2. The van der Waals surface area contributed by atoms with Crippen molar-refractivity contribution in [3.05, 3.63) is 60.4 Å². The summed E-state index contributed by atoms with van der Waals surface area (Å²) < 4.78 is 2.08. The summed E-state index contributed by atoms with van der Waals surface area (Å²) in [5.41, 5.74) is 3.83. The van der Waals surface area contributed by atoms with Crippen LogP contribution in [0.3, 0.4) is 0 Å². The Labute approximate surface area is 144 Å². The number of nitrogens with zero attached hydrogens (tertiary/aromatic N) is 2. The molecule has 1 aromatic heterocycles. The molecule has 4 rings (SSSR count). The zero-order valence-corrected chi connectivity index (χ0v) is 13.6. The Morgan fingerprint density at radius 3 is 2.96 bits per heavy atom. The molecule has 1 aliphatic rings. The van der Waals surface area contributed by atoms with Gasteiger partial charge in [0.25, 0.3) is 0 Å². The molecule has 2 aromatic carbocycles. The number of amides is 2. The number of carbonyl (C=O) groups excluding carboxylic acids is 2. The van der Waals surface area contributed by atoms with Gasteiger partial charge in [0.2, 0.25) is 11.8 Å². The van der Waals surface area contributed by atoms with Gasteiger partial charge in [0.05, 0.1) is 17.4 Å². The normalized spacial score (nSPS) is 16.8. The quantitative estimate of drug-likeness (QED) is 0.769. The van der Waals surface area contributed by atoms with Gasteiger partial charge in [0.1, 0.15) is 6.04 Å². The van der Waals surface area contributed by atoms with Gasteiger partial charge in [-0.3, -0.25) is 9.59 Å². The van der Waals surface area contributed by atoms with Gasteiger partial charge in [-0.25, -0.2) is 4.98 Å². The van der Waals surface area contributed by atoms with Gasteiger partial charge >= 0.3 is 0 Å². The fourth-order valence-electron chi connectivity index (χ4n) is 3.12. The van der Waals surface area contributed by atoms with E-state index < -0.39 is 6.04 Å². The number of rotatable bonds is 4. The Balaban J connectivity index is 1.49. The van der Waals surface area contributed by atoms with Gasteiger partial charge in [-0.1, -0.05) is 24.3 Å². The number of nitrogens with one attached hydrogen (secondary N) is 2. The van der Waals surface area contributed by atoms with Gasteiger partial charge in [0.15, 0.2) is 0 Å². The van der Waals surface area contributed by atoms with Crippen LogP contribution < -0.4 is 10.6 Å². The Kier molecular flexibility index (Phi) is 3.93. The van der Waals surface area contributed by atoms with E-state index in [9.17, 15) is 9.59 Å². The van der Waals surface area contributed by atoms with Crippen LogP contribution in [-0.2, 0) is 16.1 Å². The van der Waals surface area contributed by atoms with E-state index in [1.807, 2.05) is 54.9 Å². The minimum atomic E-state index is -0.436. The lowest BCUT2D eigenvalue weighted by atomic mass is 10.1. The van der Waals surface area contributed by atoms with E-state index in [1.165, 1.54) is 0 Å². The summed E-state index contributed by atoms with van der Waals surface area (Å²) in [7, 11) is 0. The van der Waals surface area contributed by atoms with E-state index in [0.29, 0.717) is 19.4 Å². The van der Waals surface area contributed by atoms with Crippen molar-refractivity contribution < 1.29 is 9.59 Å². The summed E-state index contributed by atoms with van der Waals surface area (Å²) in [5.74, 6) is -0.239. The Bertz CT molecular complexity index is 947. The van der Waals surface area contributed by atoms with Gasteiger partial charge < -0.3 is 15.2 Å². The molecule has 3 aromatic rings. The summed E-state index contributed by atoms with van der Waals surface area (Å²) >= 11 is 0. The third-order valence-corrected chi connectivity index (χ3v) is 4.39. The zero-order chi connectivity index (χ0) is 17.2. The standard InChI is InChI=1S/C19H18N4O2/c24-18-9-8-16(22-18)19(25)21-14-5-3-4-13(10-14)11-23-12-20-15-6-1-2-7-17(15)23/h1-7,10,12,16H,8-9,11H2,(H,21,25)(H,22,24). The number of imidazole rings is 1. The Morgan fingerprint density at radius 2 is 2.12 bits per heavy atom. The van der Waals surface area contributed by atoms with Crippen LogP contribution >= 0.6 is 0 Å². The first-order valence-electron chi connectivity index (χ1n) is 8.28. The number of hydrogen-bond acceptors (Lipinski definition) is 3. The Hall–Kier alpha value is -3.15. The van der Waals surface area contributed by atoms with E-state index >= 15 is 0 Å². The van der Waals surface area contributed by atoms with Gasteiger partial charge in [-0.05, 0) is 36.2 Å². The SMILES string of the molecule is O=C1CCC(C(=O)Nc2cccc(Cn3cnc4ccccc43)c2)N1. The molecule has 0 spiro atoms. The van der Waals surface area contributed by atoms with Gasteiger partial charge in [0, 0.05) is 18.7 Å². The number of para-hydroxylation sites is 2. The van der Waals surface area contributed by atoms with Gasteiger partial charge in [-0.15, -0.1) is 0 Å². The fourth-order valence-corrected chi connectivity index (χ4v) is 3.12. The fraction of sp³-hybridized carbons (Fsp3) is 0.211. The van der Waals surface area contributed by atoms with Crippen molar-refractivity contribution in [1.29, 1.82) is 0 Å². The molecule has 0 saturated carbocycles. The van der Waals surface area contributed by atoms with Crippen molar-refractivity contribution in [3.8, 4) is 0 Å². The second-order valence-electron chi connectivity index (χ2n) is 6.21. The molecule has 126 valence electrons. The first-order valence-corrected chi connectivity index (χ1v) is 8.28. The summed E-state index contributed by atoms with van der Waals surface area (Å²) in [5, 5.41) is 5.56. The minimum absolute atomic E-state index is 0.0686. The van der Waals surface area contributed by atoms with Crippen LogP contribution in [0.1, 0.15) is 18.4 Å². The molecular weight excluding hydrogens is 316 g/mol. The van der Waals surface area contributed by atoms with Crippen molar-refractivity contribution >= 4 is 28.5 Å². The largest absolute Gasteiger partial charge is 0.344 e. The average Bonchev–Trinajstić information content (AvgIpc) is 3.22. The number of aromatic nitrogens is 2. The highest BCUT2D eigenvalue weighted by atomic mass is 16.2. The third kappa shape index (κ3) is 3.24. The molecule has 25 heavy (non-hydrogen) atoms. The highest BCUT2D eigenvalue weighted by Crippen LogP contribution is 2.17. The Morgan fingerprint density at radius 1 is 1.24 bits per heavy atom. The molecule has 1 saturated heterocycles. The molecule has 0 bridgehead atoms. The highest BCUT2D eigenvalue weighted by Gasteiger charge is 2.27. The van der Waals surface area contributed by atoms with Gasteiger partial charge in [-0.2, -0.15) is 0 Å². The molecule has 0 radical (unpaired) electrons. The van der Waals surface area contributed by atoms with E-state index in [0.717, 1.165) is 22.3 Å². The molecule has 6 nitrogen and oxygen atoms in total. The van der Waals surface area contributed by atoms with Crippen molar-refractivity contribution in [1.82, 2.24) is 14.9 Å². The summed E-state index contributed by atoms with van der Waals surface area (Å²) in [6.45, 7) is 0.671. The molecule has 0 aliphatic carbocycles. The van der Waals surface area contributed by atoms with E-state index in [4.69, 9.17) is 0 Å². The number of anilines is 1. The van der Waals surface area contributed by atoms with Crippen LogP contribution in [0.4, 0.5) is 5.69 Å². The molecule has 2 heterocycles. The zero-order valence-electron chi connectivity index (χ0n) is 13.6. The van der Waals surface area contributed by atoms with E-state index in [1.54, 1.807) is 0 Å². The predicted molar refractivity (Wildman–Crippen MR) is 95.1 cm³/mol. The molecule has 1 aliphatic heterocycles. The molecule has 2 N–H and O–H groups in total. The smallest absolute Gasteiger partial charge is 0.246 e. The van der Waals surface area contributed by atoms with Crippen molar-refractivity contribution in [2.75, 3.05) is 5.32 Å². The number of benzene rings is 2. The third-order valence-electron chi connectivity index (χ3n) is 4.39. The lowest BCUT2D eigenvalue weighted by molar-refractivity contribution is -0.122. The maximum absolute atomic E-state index is 12.2. The highest BCUT2D eigenvalue weighted by molar-refractivity contribution is 5.99. The predicted octanol–water partition coefficient (Wildman–Crippen LogP) is 2.30. The first kappa shape index (κ1) is 15.4. The molecule has 1 unspecified atom stereocenters. The maximum Gasteiger partial charge on any atom is 0.246 e. The van der Waals surface area contributed by atoms with E-state index in [2.05, 4.69) is 20.2 Å². The molecule has 1 atom stereocenters. The maximum atomic E-state index is 12.2. The summed E-state index contributed by atoms with van der Waals surface area (Å²) in [6, 6.07) is 15.3. The molecule has 6 heteroatoms. The lowest BCUT2D eigenvalue weighted by Crippen LogP contribution is -2.37. The summed E-state index contributed by atoms with van der Waals surface area (Å²) in [6.07, 6.45) is 2.78. The molecule has 1 fully saturated rings. The van der Waals surface area contributed by atoms with E-state index in [-0.39, 0.29) is 11.8 Å².